The number of hydrogen-bond acceptors (Lipinski definition) is 3. The van der Waals surface area contributed by atoms with Crippen LogP contribution in [0.4, 0.5) is 5.69 Å². The van der Waals surface area contributed by atoms with Crippen molar-refractivity contribution in [3.63, 3.8) is 0 Å². The minimum Gasteiger partial charge on any atom is -0.398 e. The van der Waals surface area contributed by atoms with Crippen molar-refractivity contribution in [2.24, 2.45) is 5.92 Å². The number of nitrogens with two attached hydrogens (primary N) is 1. The Hall–Kier alpha value is -1.07. The molecule has 0 bridgehead atoms. The van der Waals surface area contributed by atoms with Crippen LogP contribution in [0.2, 0.25) is 0 Å². The molecule has 1 fully saturated rings. The molecule has 1 saturated heterocycles. The van der Waals surface area contributed by atoms with Crippen molar-refractivity contribution < 1.29 is 9.53 Å². The van der Waals surface area contributed by atoms with Gasteiger partial charge >= 0.3 is 0 Å². The van der Waals surface area contributed by atoms with E-state index < -0.39 is 0 Å². The van der Waals surface area contributed by atoms with E-state index in [9.17, 15) is 4.79 Å². The molecule has 0 spiro atoms. The van der Waals surface area contributed by atoms with E-state index in [-0.39, 0.29) is 5.91 Å². The van der Waals surface area contributed by atoms with E-state index in [1.165, 1.54) is 0 Å². The average Bonchev–Trinajstić information content (AvgIpc) is 2.81. The predicted octanol–water partition coefficient (Wildman–Crippen LogP) is 2.14. The number of anilines is 1. The van der Waals surface area contributed by atoms with Crippen LogP contribution in [0.25, 0.3) is 0 Å². The maximum Gasteiger partial charge on any atom is 0.255 e. The van der Waals surface area contributed by atoms with Gasteiger partial charge in [-0.3, -0.25) is 4.79 Å². The number of amides is 1. The lowest BCUT2D eigenvalue weighted by Crippen LogP contribution is -2.29. The lowest BCUT2D eigenvalue weighted by Gasteiger charge is -2.17. The van der Waals surface area contributed by atoms with Crippen LogP contribution in [0.15, 0.2) is 22.7 Å². The molecule has 1 amide bonds. The molecule has 1 aliphatic rings. The zero-order chi connectivity index (χ0) is 13.1. The van der Waals surface area contributed by atoms with Gasteiger partial charge in [0.25, 0.3) is 5.91 Å². The van der Waals surface area contributed by atoms with Gasteiger partial charge in [0.05, 0.1) is 16.6 Å². The van der Waals surface area contributed by atoms with Crippen molar-refractivity contribution in [3.05, 3.63) is 28.2 Å². The summed E-state index contributed by atoms with van der Waals surface area (Å²) < 4.78 is 5.82. The maximum absolute atomic E-state index is 12.4. The van der Waals surface area contributed by atoms with Gasteiger partial charge in [-0.15, -0.1) is 0 Å². The SMILES string of the molecule is COCC1CCN(C(=O)c2cccc(N)c2Br)C1. The second-order valence-corrected chi connectivity index (χ2v) is 5.36. The molecular weight excluding hydrogens is 296 g/mol. The first kappa shape index (κ1) is 13.4. The molecule has 98 valence electrons. The Morgan fingerprint density at radius 2 is 2.39 bits per heavy atom. The summed E-state index contributed by atoms with van der Waals surface area (Å²) in [7, 11) is 1.69. The summed E-state index contributed by atoms with van der Waals surface area (Å²) in [6, 6.07) is 5.38. The zero-order valence-electron chi connectivity index (χ0n) is 10.4. The second-order valence-electron chi connectivity index (χ2n) is 4.57. The van der Waals surface area contributed by atoms with Gasteiger partial charge in [-0.25, -0.2) is 0 Å². The molecule has 1 aliphatic heterocycles. The van der Waals surface area contributed by atoms with Gasteiger partial charge in [-0.1, -0.05) is 6.07 Å². The van der Waals surface area contributed by atoms with Crippen LogP contribution in [0.3, 0.4) is 0 Å². The van der Waals surface area contributed by atoms with Gasteiger partial charge in [-0.05, 0) is 34.5 Å². The normalized spacial score (nSPS) is 19.2. The molecule has 2 rings (SSSR count). The lowest BCUT2D eigenvalue weighted by molar-refractivity contribution is 0.0774. The highest BCUT2D eigenvalue weighted by molar-refractivity contribution is 9.10. The highest BCUT2D eigenvalue weighted by Gasteiger charge is 2.27. The van der Waals surface area contributed by atoms with Crippen LogP contribution in [-0.4, -0.2) is 37.6 Å². The van der Waals surface area contributed by atoms with Crippen LogP contribution in [0, 0.1) is 5.92 Å². The standard InChI is InChI=1S/C13H17BrN2O2/c1-18-8-9-5-6-16(7-9)13(17)10-3-2-4-11(15)12(10)14/h2-4,9H,5-8,15H2,1H3. The van der Waals surface area contributed by atoms with E-state index in [0.29, 0.717) is 28.2 Å². The largest absolute Gasteiger partial charge is 0.398 e. The van der Waals surface area contributed by atoms with Crippen LogP contribution < -0.4 is 5.73 Å². The number of nitrogen functional groups attached to an aromatic ring is 1. The van der Waals surface area contributed by atoms with E-state index in [1.54, 1.807) is 25.3 Å². The van der Waals surface area contributed by atoms with E-state index in [2.05, 4.69) is 15.9 Å². The van der Waals surface area contributed by atoms with Gasteiger partial charge < -0.3 is 15.4 Å². The molecule has 2 N–H and O–H groups in total. The molecule has 0 aromatic heterocycles. The quantitative estimate of drug-likeness (QED) is 0.870. The van der Waals surface area contributed by atoms with Crippen molar-refractivity contribution in [1.82, 2.24) is 4.90 Å². The summed E-state index contributed by atoms with van der Waals surface area (Å²) >= 11 is 3.38. The number of rotatable bonds is 3. The number of carbonyl (C=O) groups excluding carboxylic acids is 1. The smallest absolute Gasteiger partial charge is 0.255 e. The molecule has 1 aromatic carbocycles. The van der Waals surface area contributed by atoms with Gasteiger partial charge in [0.1, 0.15) is 0 Å². The van der Waals surface area contributed by atoms with Crippen LogP contribution in [0.5, 0.6) is 0 Å². The Kier molecular flexibility index (Phi) is 4.24. The number of carbonyl (C=O) groups is 1. The fourth-order valence-electron chi connectivity index (χ4n) is 2.27. The average molecular weight is 313 g/mol. The van der Waals surface area contributed by atoms with E-state index in [4.69, 9.17) is 10.5 Å². The topological polar surface area (TPSA) is 55.6 Å². The van der Waals surface area contributed by atoms with Gasteiger partial charge in [0.15, 0.2) is 0 Å². The van der Waals surface area contributed by atoms with Crippen molar-refractivity contribution in [3.8, 4) is 0 Å². The van der Waals surface area contributed by atoms with E-state index >= 15 is 0 Å². The third-order valence-corrected chi connectivity index (χ3v) is 4.12. The highest BCUT2D eigenvalue weighted by atomic mass is 79.9. The van der Waals surface area contributed by atoms with Gasteiger partial charge in [-0.2, -0.15) is 0 Å². The first-order valence-corrected chi connectivity index (χ1v) is 6.75. The van der Waals surface area contributed by atoms with Crippen LogP contribution in [0.1, 0.15) is 16.8 Å². The molecule has 5 heteroatoms. The van der Waals surface area contributed by atoms with Crippen LogP contribution in [-0.2, 0) is 4.74 Å². The molecule has 1 atom stereocenters. The molecule has 0 aliphatic carbocycles. The number of hydrogen-bond donors (Lipinski definition) is 1. The maximum atomic E-state index is 12.4. The first-order valence-electron chi connectivity index (χ1n) is 5.95. The second kappa shape index (κ2) is 5.71. The lowest BCUT2D eigenvalue weighted by atomic mass is 10.1. The summed E-state index contributed by atoms with van der Waals surface area (Å²) in [5.41, 5.74) is 7.02. The Morgan fingerprint density at radius 1 is 1.61 bits per heavy atom. The molecule has 0 saturated carbocycles. The minimum atomic E-state index is 0.0350. The molecule has 1 aromatic rings. The highest BCUT2D eigenvalue weighted by Crippen LogP contribution is 2.27. The number of methoxy groups -OCH3 is 1. The molecule has 1 heterocycles. The van der Waals surface area contributed by atoms with Gasteiger partial charge in [0.2, 0.25) is 0 Å². The number of benzene rings is 1. The fourth-order valence-corrected chi connectivity index (χ4v) is 2.71. The number of nitrogens with zero attached hydrogens (tertiary/aromatic N) is 1. The minimum absolute atomic E-state index is 0.0350. The third kappa shape index (κ3) is 2.67. The van der Waals surface area contributed by atoms with Crippen molar-refractivity contribution >= 4 is 27.5 Å². The summed E-state index contributed by atoms with van der Waals surface area (Å²) in [5.74, 6) is 0.478. The Bertz CT molecular complexity index is 451. The summed E-state index contributed by atoms with van der Waals surface area (Å²) in [4.78, 5) is 14.2. The molecular formula is C13H17BrN2O2. The molecule has 1 unspecified atom stereocenters. The number of likely N-dealkylation sites (tertiary alicyclic amines) is 1. The Morgan fingerprint density at radius 3 is 3.11 bits per heavy atom. The zero-order valence-corrected chi connectivity index (χ0v) is 11.9. The summed E-state index contributed by atoms with van der Waals surface area (Å²) in [6.45, 7) is 2.25. The predicted molar refractivity (Wildman–Crippen MR) is 74.4 cm³/mol. The van der Waals surface area contributed by atoms with Crippen LogP contribution >= 0.6 is 15.9 Å². The Labute approximate surface area is 115 Å². The molecule has 18 heavy (non-hydrogen) atoms. The fraction of sp³-hybridized carbons (Fsp3) is 0.462. The van der Waals surface area contributed by atoms with Crippen molar-refractivity contribution in [1.29, 1.82) is 0 Å². The van der Waals surface area contributed by atoms with E-state index in [0.717, 1.165) is 19.5 Å². The third-order valence-electron chi connectivity index (χ3n) is 3.23. The van der Waals surface area contributed by atoms with Crippen molar-refractivity contribution in [2.45, 2.75) is 6.42 Å². The number of halogens is 1. The molecule has 4 nitrogen and oxygen atoms in total. The van der Waals surface area contributed by atoms with E-state index in [1.807, 2.05) is 4.90 Å². The van der Waals surface area contributed by atoms with Gasteiger partial charge in [0, 0.05) is 31.8 Å². The van der Waals surface area contributed by atoms with Crippen molar-refractivity contribution in [2.75, 3.05) is 32.5 Å². The summed E-state index contributed by atoms with van der Waals surface area (Å²) in [5, 5.41) is 0. The molecule has 0 radical (unpaired) electrons. The summed E-state index contributed by atoms with van der Waals surface area (Å²) in [6.07, 6.45) is 1.000. The first-order chi connectivity index (χ1) is 8.63. The Balaban J connectivity index is 2.11. The number of ether oxygens (including phenoxy) is 1. The monoisotopic (exact) mass is 312 g/mol.